The fourth-order valence-electron chi connectivity index (χ4n) is 3.09. The van der Waals surface area contributed by atoms with E-state index in [1.54, 1.807) is 41.4 Å². The molecule has 0 saturated carbocycles. The molecule has 0 aliphatic heterocycles. The second-order valence-corrected chi connectivity index (χ2v) is 6.48. The first-order valence-electron chi connectivity index (χ1n) is 8.66. The van der Waals surface area contributed by atoms with Crippen molar-refractivity contribution < 1.29 is 0 Å². The molecule has 3 aromatic heterocycles. The lowest BCUT2D eigenvalue weighted by Crippen LogP contribution is -2.40. The fourth-order valence-corrected chi connectivity index (χ4v) is 3.09. The minimum absolute atomic E-state index is 0.159. The smallest absolute Gasteiger partial charge is 0.287 e. The predicted molar refractivity (Wildman–Crippen MR) is 104 cm³/mol. The highest BCUT2D eigenvalue weighted by Gasteiger charge is 2.14. The van der Waals surface area contributed by atoms with Crippen LogP contribution >= 0.6 is 0 Å². The number of nitrogens with zero attached hydrogens (tertiary/aromatic N) is 4. The van der Waals surface area contributed by atoms with E-state index in [0.29, 0.717) is 12.1 Å². The molecule has 0 aliphatic carbocycles. The summed E-state index contributed by atoms with van der Waals surface area (Å²) in [5.41, 5.74) is 3.00. The first-order valence-corrected chi connectivity index (χ1v) is 8.66. The van der Waals surface area contributed by atoms with E-state index in [2.05, 4.69) is 9.97 Å². The molecule has 0 N–H and O–H groups in total. The summed E-state index contributed by atoms with van der Waals surface area (Å²) in [5, 5.41) is 0. The van der Waals surface area contributed by atoms with E-state index in [1.807, 2.05) is 37.3 Å². The largest absolute Gasteiger partial charge is 0.332 e. The molecule has 0 saturated heterocycles. The molecule has 6 heteroatoms. The molecule has 0 aliphatic rings. The van der Waals surface area contributed by atoms with Crippen LogP contribution in [0.5, 0.6) is 0 Å². The van der Waals surface area contributed by atoms with Gasteiger partial charge in [-0.3, -0.25) is 18.9 Å². The lowest BCUT2D eigenvalue weighted by Gasteiger charge is -2.14. The van der Waals surface area contributed by atoms with Gasteiger partial charge in [0.15, 0.2) is 5.52 Å². The summed E-state index contributed by atoms with van der Waals surface area (Å²) in [6.07, 6.45) is 4.88. The highest BCUT2D eigenvalue weighted by atomic mass is 16.2. The van der Waals surface area contributed by atoms with Crippen molar-refractivity contribution in [1.29, 1.82) is 0 Å². The Morgan fingerprint density at radius 2 is 1.59 bits per heavy atom. The Hall–Kier alpha value is -3.54. The SMILES string of the molecule is Cc1ccc(Cn2c(=O)n(Cc3cccnc3)c(=O)c3ncccc32)cc1. The molecule has 0 bridgehead atoms. The van der Waals surface area contributed by atoms with E-state index in [4.69, 9.17) is 0 Å². The summed E-state index contributed by atoms with van der Waals surface area (Å²) in [7, 11) is 0. The number of aryl methyl sites for hydroxylation is 1. The monoisotopic (exact) mass is 358 g/mol. The Kier molecular flexibility index (Phi) is 4.38. The number of hydrogen-bond donors (Lipinski definition) is 0. The molecule has 4 aromatic rings. The normalized spacial score (nSPS) is 11.0. The van der Waals surface area contributed by atoms with Gasteiger partial charge in [0, 0.05) is 18.6 Å². The second-order valence-electron chi connectivity index (χ2n) is 6.48. The number of benzene rings is 1. The van der Waals surface area contributed by atoms with Crippen molar-refractivity contribution in [1.82, 2.24) is 19.1 Å². The Bertz CT molecular complexity index is 1210. The molecule has 0 fully saturated rings. The third-order valence-electron chi connectivity index (χ3n) is 4.51. The summed E-state index contributed by atoms with van der Waals surface area (Å²) >= 11 is 0. The Labute approximate surface area is 155 Å². The molecule has 6 nitrogen and oxygen atoms in total. The third-order valence-corrected chi connectivity index (χ3v) is 4.51. The van der Waals surface area contributed by atoms with Crippen molar-refractivity contribution in [3.63, 3.8) is 0 Å². The number of fused-ring (bicyclic) bond motifs is 1. The van der Waals surface area contributed by atoms with Crippen molar-refractivity contribution in [3.05, 3.63) is 105 Å². The summed E-state index contributed by atoms with van der Waals surface area (Å²) in [4.78, 5) is 34.3. The van der Waals surface area contributed by atoms with Crippen molar-refractivity contribution in [2.75, 3.05) is 0 Å². The lowest BCUT2D eigenvalue weighted by molar-refractivity contribution is 0.632. The maximum atomic E-state index is 13.2. The van der Waals surface area contributed by atoms with E-state index in [-0.39, 0.29) is 23.3 Å². The summed E-state index contributed by atoms with van der Waals surface area (Å²) in [6, 6.07) is 15.1. The van der Waals surface area contributed by atoms with Crippen LogP contribution in [-0.2, 0) is 13.1 Å². The van der Waals surface area contributed by atoms with Crippen LogP contribution < -0.4 is 11.2 Å². The van der Waals surface area contributed by atoms with Crippen molar-refractivity contribution in [2.24, 2.45) is 0 Å². The summed E-state index contributed by atoms with van der Waals surface area (Å²) in [5.74, 6) is 0. The van der Waals surface area contributed by atoms with Crippen LogP contribution in [0.25, 0.3) is 11.0 Å². The van der Waals surface area contributed by atoms with Gasteiger partial charge in [-0.05, 0) is 36.2 Å². The maximum Gasteiger partial charge on any atom is 0.332 e. The molecule has 0 unspecified atom stereocenters. The van der Waals surface area contributed by atoms with Gasteiger partial charge in [-0.2, -0.15) is 0 Å². The van der Waals surface area contributed by atoms with Crippen LogP contribution in [0.1, 0.15) is 16.7 Å². The van der Waals surface area contributed by atoms with Gasteiger partial charge in [-0.25, -0.2) is 9.78 Å². The van der Waals surface area contributed by atoms with Crippen molar-refractivity contribution >= 4 is 11.0 Å². The van der Waals surface area contributed by atoms with Crippen LogP contribution in [0.15, 0.2) is 76.7 Å². The van der Waals surface area contributed by atoms with E-state index < -0.39 is 0 Å². The summed E-state index contributed by atoms with van der Waals surface area (Å²) in [6.45, 7) is 2.55. The van der Waals surface area contributed by atoms with E-state index >= 15 is 0 Å². The zero-order chi connectivity index (χ0) is 18.8. The highest BCUT2D eigenvalue weighted by molar-refractivity contribution is 5.73. The number of aromatic nitrogens is 4. The van der Waals surface area contributed by atoms with Crippen LogP contribution in [-0.4, -0.2) is 19.1 Å². The van der Waals surface area contributed by atoms with Gasteiger partial charge in [0.1, 0.15) is 0 Å². The molecule has 1 aromatic carbocycles. The zero-order valence-corrected chi connectivity index (χ0v) is 14.9. The highest BCUT2D eigenvalue weighted by Crippen LogP contribution is 2.10. The Morgan fingerprint density at radius 1 is 0.852 bits per heavy atom. The number of rotatable bonds is 4. The lowest BCUT2D eigenvalue weighted by atomic mass is 10.1. The Morgan fingerprint density at radius 3 is 2.33 bits per heavy atom. The van der Waals surface area contributed by atoms with Gasteiger partial charge in [0.05, 0.1) is 18.6 Å². The molecule has 0 atom stereocenters. The van der Waals surface area contributed by atoms with E-state index in [9.17, 15) is 9.59 Å². The zero-order valence-electron chi connectivity index (χ0n) is 14.9. The molecular formula is C21H18N4O2. The number of pyridine rings is 2. The average molecular weight is 358 g/mol. The first kappa shape index (κ1) is 16.9. The quantitative estimate of drug-likeness (QED) is 0.562. The molecule has 4 rings (SSSR count). The minimum atomic E-state index is -0.389. The van der Waals surface area contributed by atoms with E-state index in [0.717, 1.165) is 16.7 Å². The van der Waals surface area contributed by atoms with Gasteiger partial charge >= 0.3 is 5.69 Å². The predicted octanol–water partition coefficient (Wildman–Crippen LogP) is 2.36. The van der Waals surface area contributed by atoms with Crippen molar-refractivity contribution in [2.45, 2.75) is 20.0 Å². The molecular weight excluding hydrogens is 340 g/mol. The molecule has 3 heterocycles. The summed E-state index contributed by atoms with van der Waals surface area (Å²) < 4.78 is 2.82. The maximum absolute atomic E-state index is 13.2. The van der Waals surface area contributed by atoms with Gasteiger partial charge < -0.3 is 0 Å². The standard InChI is InChI=1S/C21H18N4O2/c1-15-6-8-16(9-7-15)13-24-18-5-3-11-23-19(18)20(26)25(21(24)27)14-17-4-2-10-22-12-17/h2-12H,13-14H2,1H3. The average Bonchev–Trinajstić information content (AvgIpc) is 2.71. The molecule has 0 radical (unpaired) electrons. The van der Waals surface area contributed by atoms with Crippen LogP contribution in [0.2, 0.25) is 0 Å². The minimum Gasteiger partial charge on any atom is -0.287 e. The van der Waals surface area contributed by atoms with E-state index in [1.165, 1.54) is 4.57 Å². The van der Waals surface area contributed by atoms with Gasteiger partial charge in [-0.15, -0.1) is 0 Å². The van der Waals surface area contributed by atoms with Crippen LogP contribution in [0.3, 0.4) is 0 Å². The van der Waals surface area contributed by atoms with Crippen LogP contribution in [0.4, 0.5) is 0 Å². The molecule has 0 spiro atoms. The second kappa shape index (κ2) is 6.99. The third kappa shape index (κ3) is 3.29. The van der Waals surface area contributed by atoms with Crippen molar-refractivity contribution in [3.8, 4) is 0 Å². The molecule has 0 amide bonds. The van der Waals surface area contributed by atoms with Crippen LogP contribution in [0, 0.1) is 6.92 Å². The molecule has 134 valence electrons. The van der Waals surface area contributed by atoms with Gasteiger partial charge in [-0.1, -0.05) is 35.9 Å². The van der Waals surface area contributed by atoms with Gasteiger partial charge in [0.2, 0.25) is 0 Å². The first-order chi connectivity index (χ1) is 13.1. The number of hydrogen-bond acceptors (Lipinski definition) is 4. The topological polar surface area (TPSA) is 69.8 Å². The fraction of sp³-hybridized carbons (Fsp3) is 0.143. The van der Waals surface area contributed by atoms with Gasteiger partial charge in [0.25, 0.3) is 5.56 Å². The molecule has 27 heavy (non-hydrogen) atoms. The Balaban J connectivity index is 1.90.